The molecule has 0 radical (unpaired) electrons. The lowest BCUT2D eigenvalue weighted by Crippen LogP contribution is -1.80. The molecule has 2 rings (SSSR count). The van der Waals surface area contributed by atoms with Crippen molar-refractivity contribution in [2.45, 2.75) is 13.8 Å². The molecular weight excluding hydrogens is 268 g/mol. The summed E-state index contributed by atoms with van der Waals surface area (Å²) in [4.78, 5) is 3.39. The SMILES string of the molecule is [C-]#[N+]/C(C)=C\c1ccc(-c2ccc(/C=C(/C)C#N)cc2)cc1. The summed E-state index contributed by atoms with van der Waals surface area (Å²) in [6.45, 7) is 10.5. The smallest absolute Gasteiger partial charge is 0.163 e. The molecule has 2 aromatic rings. The number of hydrogen-bond donors (Lipinski definition) is 0. The fourth-order valence-corrected chi connectivity index (χ4v) is 2.10. The molecule has 0 bridgehead atoms. The van der Waals surface area contributed by atoms with Gasteiger partial charge in [-0.2, -0.15) is 5.26 Å². The predicted molar refractivity (Wildman–Crippen MR) is 91.4 cm³/mol. The Balaban J connectivity index is 2.23. The summed E-state index contributed by atoms with van der Waals surface area (Å²) in [5, 5.41) is 8.79. The first-order valence-electron chi connectivity index (χ1n) is 6.97. The molecule has 0 heterocycles. The second kappa shape index (κ2) is 7.07. The van der Waals surface area contributed by atoms with Gasteiger partial charge in [0.1, 0.15) is 0 Å². The Kier molecular flexibility index (Phi) is 4.91. The molecule has 0 aromatic heterocycles. The molecule has 2 nitrogen and oxygen atoms in total. The van der Waals surface area contributed by atoms with Crippen molar-refractivity contribution in [3.63, 3.8) is 0 Å². The van der Waals surface area contributed by atoms with Crippen molar-refractivity contribution in [2.75, 3.05) is 0 Å². The minimum Gasteiger partial charge on any atom is -0.243 e. The molecule has 22 heavy (non-hydrogen) atoms. The Labute approximate surface area is 131 Å². The Bertz CT molecular complexity index is 721. The third kappa shape index (κ3) is 3.95. The maximum atomic E-state index is 8.79. The van der Waals surface area contributed by atoms with Crippen molar-refractivity contribution in [1.29, 1.82) is 5.26 Å². The van der Waals surface area contributed by atoms with Crippen LogP contribution in [0.3, 0.4) is 0 Å². The quantitative estimate of drug-likeness (QED) is 0.535. The van der Waals surface area contributed by atoms with Crippen LogP contribution in [0.4, 0.5) is 0 Å². The summed E-state index contributed by atoms with van der Waals surface area (Å²) < 4.78 is 0. The zero-order valence-electron chi connectivity index (χ0n) is 12.7. The van der Waals surface area contributed by atoms with Crippen LogP contribution in [0.2, 0.25) is 0 Å². The standard InChI is InChI=1S/C20H16N2/c1-15(14-21)12-17-4-8-19(9-5-17)20-10-6-18(7-11-20)13-16(2)22-3/h4-13H,1-2H3/b15-12-,16-13-. The second-order valence-corrected chi connectivity index (χ2v) is 5.08. The third-order valence-corrected chi connectivity index (χ3v) is 3.27. The fourth-order valence-electron chi connectivity index (χ4n) is 2.10. The van der Waals surface area contributed by atoms with Crippen LogP contribution >= 0.6 is 0 Å². The van der Waals surface area contributed by atoms with Crippen molar-refractivity contribution in [3.05, 3.63) is 82.3 Å². The Morgan fingerprint density at radius 2 is 1.36 bits per heavy atom. The predicted octanol–water partition coefficient (Wildman–Crippen LogP) is 5.56. The summed E-state index contributed by atoms with van der Waals surface area (Å²) in [6.07, 6.45) is 3.74. The number of nitrogens with zero attached hydrogens (tertiary/aromatic N) is 2. The fraction of sp³-hybridized carbons (Fsp3) is 0.100. The van der Waals surface area contributed by atoms with E-state index in [-0.39, 0.29) is 0 Å². The highest BCUT2D eigenvalue weighted by Gasteiger charge is 1.98. The van der Waals surface area contributed by atoms with E-state index in [1.807, 2.05) is 48.6 Å². The summed E-state index contributed by atoms with van der Waals surface area (Å²) in [6, 6.07) is 18.4. The average Bonchev–Trinajstić information content (AvgIpc) is 2.56. The molecule has 0 N–H and O–H groups in total. The van der Waals surface area contributed by atoms with E-state index in [1.54, 1.807) is 13.8 Å². The van der Waals surface area contributed by atoms with Crippen LogP contribution in [0.1, 0.15) is 25.0 Å². The normalized spacial score (nSPS) is 11.6. The van der Waals surface area contributed by atoms with Gasteiger partial charge in [-0.1, -0.05) is 54.6 Å². The van der Waals surface area contributed by atoms with Crippen molar-refractivity contribution in [2.24, 2.45) is 0 Å². The van der Waals surface area contributed by atoms with E-state index in [1.165, 1.54) is 0 Å². The van der Waals surface area contributed by atoms with Crippen molar-refractivity contribution >= 4 is 12.2 Å². The number of rotatable bonds is 3. The average molecular weight is 284 g/mol. The first-order valence-corrected chi connectivity index (χ1v) is 6.97. The molecule has 0 aliphatic rings. The topological polar surface area (TPSA) is 28.1 Å². The van der Waals surface area contributed by atoms with Crippen LogP contribution < -0.4 is 0 Å². The largest absolute Gasteiger partial charge is 0.243 e. The van der Waals surface area contributed by atoms with E-state index in [2.05, 4.69) is 23.0 Å². The third-order valence-electron chi connectivity index (χ3n) is 3.27. The molecule has 0 saturated carbocycles. The maximum absolute atomic E-state index is 8.79. The van der Waals surface area contributed by atoms with Gasteiger partial charge in [-0.15, -0.1) is 0 Å². The van der Waals surface area contributed by atoms with Crippen LogP contribution in [0.25, 0.3) is 28.1 Å². The summed E-state index contributed by atoms with van der Waals surface area (Å²) in [7, 11) is 0. The highest BCUT2D eigenvalue weighted by molar-refractivity contribution is 5.68. The van der Waals surface area contributed by atoms with Gasteiger partial charge < -0.3 is 0 Å². The molecule has 0 atom stereocenters. The van der Waals surface area contributed by atoms with Crippen molar-refractivity contribution < 1.29 is 0 Å². The summed E-state index contributed by atoms with van der Waals surface area (Å²) in [5.41, 5.74) is 5.68. The van der Waals surface area contributed by atoms with E-state index in [4.69, 9.17) is 11.8 Å². The molecule has 2 heteroatoms. The minimum atomic E-state index is 0.678. The molecule has 0 aliphatic carbocycles. The Morgan fingerprint density at radius 3 is 1.77 bits per heavy atom. The van der Waals surface area contributed by atoms with Gasteiger partial charge in [-0.05, 0) is 42.2 Å². The highest BCUT2D eigenvalue weighted by Crippen LogP contribution is 2.22. The van der Waals surface area contributed by atoms with Gasteiger partial charge in [0.2, 0.25) is 0 Å². The first-order chi connectivity index (χ1) is 10.6. The monoisotopic (exact) mass is 284 g/mol. The van der Waals surface area contributed by atoms with E-state index in [0.717, 1.165) is 22.3 Å². The molecule has 0 saturated heterocycles. The number of benzene rings is 2. The van der Waals surface area contributed by atoms with E-state index in [0.29, 0.717) is 11.3 Å². The van der Waals surface area contributed by atoms with E-state index < -0.39 is 0 Å². The van der Waals surface area contributed by atoms with Crippen molar-refractivity contribution in [1.82, 2.24) is 0 Å². The summed E-state index contributed by atoms with van der Waals surface area (Å²) >= 11 is 0. The van der Waals surface area contributed by atoms with Gasteiger partial charge in [0.15, 0.2) is 5.70 Å². The van der Waals surface area contributed by atoms with Gasteiger partial charge in [0, 0.05) is 5.57 Å². The maximum Gasteiger partial charge on any atom is 0.163 e. The Hall–Kier alpha value is -3.10. The molecule has 106 valence electrons. The number of nitriles is 1. The minimum absolute atomic E-state index is 0.678. The molecule has 0 spiro atoms. The van der Waals surface area contributed by atoms with Crippen LogP contribution in [-0.4, -0.2) is 0 Å². The molecule has 0 unspecified atom stereocenters. The molecule has 0 aliphatic heterocycles. The lowest BCUT2D eigenvalue weighted by molar-refractivity contribution is 1.46. The molecule has 2 aromatic carbocycles. The Morgan fingerprint density at radius 1 is 0.909 bits per heavy atom. The number of hydrogen-bond acceptors (Lipinski definition) is 1. The lowest BCUT2D eigenvalue weighted by Gasteiger charge is -2.03. The van der Waals surface area contributed by atoms with Crippen LogP contribution in [-0.2, 0) is 0 Å². The van der Waals surface area contributed by atoms with Gasteiger partial charge in [0.05, 0.1) is 12.6 Å². The molecule has 0 amide bonds. The van der Waals surface area contributed by atoms with E-state index in [9.17, 15) is 0 Å². The second-order valence-electron chi connectivity index (χ2n) is 5.08. The zero-order valence-corrected chi connectivity index (χ0v) is 12.7. The molecule has 0 fully saturated rings. The van der Waals surface area contributed by atoms with Gasteiger partial charge >= 0.3 is 0 Å². The van der Waals surface area contributed by atoms with Crippen LogP contribution in [0.5, 0.6) is 0 Å². The number of allylic oxidation sites excluding steroid dienone is 2. The van der Waals surface area contributed by atoms with Gasteiger partial charge in [-0.25, -0.2) is 4.85 Å². The molecular formula is C20H16N2. The highest BCUT2D eigenvalue weighted by atomic mass is 14.6. The van der Waals surface area contributed by atoms with Crippen LogP contribution in [0.15, 0.2) is 59.8 Å². The zero-order chi connectivity index (χ0) is 15.9. The van der Waals surface area contributed by atoms with Crippen LogP contribution in [0, 0.1) is 17.9 Å². The van der Waals surface area contributed by atoms with Gasteiger partial charge in [0.25, 0.3) is 0 Å². The van der Waals surface area contributed by atoms with E-state index >= 15 is 0 Å². The van der Waals surface area contributed by atoms with Gasteiger partial charge in [-0.3, -0.25) is 0 Å². The first kappa shape index (κ1) is 15.3. The lowest BCUT2D eigenvalue weighted by atomic mass is 10.0. The van der Waals surface area contributed by atoms with Crippen molar-refractivity contribution in [3.8, 4) is 17.2 Å². The summed E-state index contributed by atoms with van der Waals surface area (Å²) in [5.74, 6) is 0.